The molecule has 3 heteroatoms. The van der Waals surface area contributed by atoms with Crippen LogP contribution in [0.25, 0.3) is 0 Å². The summed E-state index contributed by atoms with van der Waals surface area (Å²) in [5.41, 5.74) is 2.76. The van der Waals surface area contributed by atoms with Crippen LogP contribution in [0.1, 0.15) is 37.3 Å². The lowest BCUT2D eigenvalue weighted by Crippen LogP contribution is -2.32. The van der Waals surface area contributed by atoms with Gasteiger partial charge in [-0.15, -0.1) is 0 Å². The van der Waals surface area contributed by atoms with Crippen molar-refractivity contribution in [3.8, 4) is 0 Å². The van der Waals surface area contributed by atoms with E-state index in [9.17, 15) is 0 Å². The second kappa shape index (κ2) is 7.04. The van der Waals surface area contributed by atoms with E-state index >= 15 is 0 Å². The van der Waals surface area contributed by atoms with Gasteiger partial charge >= 0.3 is 0 Å². The van der Waals surface area contributed by atoms with Gasteiger partial charge in [-0.1, -0.05) is 38.1 Å². The highest BCUT2D eigenvalue weighted by atomic mass is 16.7. The lowest BCUT2D eigenvalue weighted by molar-refractivity contribution is -0.0522. The fourth-order valence-electron chi connectivity index (χ4n) is 2.40. The zero-order chi connectivity index (χ0) is 13.7. The van der Waals surface area contributed by atoms with E-state index < -0.39 is 0 Å². The molecule has 0 radical (unpaired) electrons. The maximum atomic E-state index is 5.51. The summed E-state index contributed by atoms with van der Waals surface area (Å²) in [5, 5.41) is 3.35. The summed E-state index contributed by atoms with van der Waals surface area (Å²) in [5.74, 6) is 0.592. The Bertz CT molecular complexity index is 369. The second-order valence-corrected chi connectivity index (χ2v) is 5.49. The summed E-state index contributed by atoms with van der Waals surface area (Å²) in [6, 6.07) is 9.32. The summed E-state index contributed by atoms with van der Waals surface area (Å²) in [7, 11) is 2.00. The van der Waals surface area contributed by atoms with E-state index in [1.165, 1.54) is 11.1 Å². The minimum atomic E-state index is -0.0348. The van der Waals surface area contributed by atoms with E-state index in [4.69, 9.17) is 9.47 Å². The van der Waals surface area contributed by atoms with Crippen LogP contribution in [0.3, 0.4) is 0 Å². The molecule has 0 amide bonds. The molecule has 1 aromatic carbocycles. The summed E-state index contributed by atoms with van der Waals surface area (Å²) in [6.07, 6.45) is 1.88. The van der Waals surface area contributed by atoms with Gasteiger partial charge in [-0.25, -0.2) is 0 Å². The van der Waals surface area contributed by atoms with E-state index in [1.54, 1.807) is 0 Å². The van der Waals surface area contributed by atoms with Gasteiger partial charge in [0.2, 0.25) is 0 Å². The number of ether oxygens (including phenoxy) is 2. The van der Waals surface area contributed by atoms with Crippen molar-refractivity contribution in [3.63, 3.8) is 0 Å². The highest BCUT2D eigenvalue weighted by Gasteiger charge is 2.20. The largest absolute Gasteiger partial charge is 0.350 e. The van der Waals surface area contributed by atoms with Crippen molar-refractivity contribution in [1.29, 1.82) is 0 Å². The third-order valence-electron chi connectivity index (χ3n) is 3.70. The van der Waals surface area contributed by atoms with Gasteiger partial charge in [0.05, 0.1) is 13.2 Å². The molecule has 3 nitrogen and oxygen atoms in total. The van der Waals surface area contributed by atoms with Crippen LogP contribution in [0.2, 0.25) is 0 Å². The van der Waals surface area contributed by atoms with Crippen molar-refractivity contribution in [3.05, 3.63) is 35.4 Å². The molecule has 1 aromatic rings. The Morgan fingerprint density at radius 3 is 2.32 bits per heavy atom. The number of nitrogens with one attached hydrogen (secondary N) is 1. The molecule has 1 aliphatic heterocycles. The predicted molar refractivity (Wildman–Crippen MR) is 77.4 cm³/mol. The minimum Gasteiger partial charge on any atom is -0.350 e. The van der Waals surface area contributed by atoms with Gasteiger partial charge in [0.25, 0.3) is 0 Å². The van der Waals surface area contributed by atoms with Crippen molar-refractivity contribution in [2.24, 2.45) is 0 Å². The monoisotopic (exact) mass is 263 g/mol. The smallest absolute Gasteiger partial charge is 0.159 e. The second-order valence-electron chi connectivity index (χ2n) is 5.49. The van der Waals surface area contributed by atoms with E-state index in [2.05, 4.69) is 43.4 Å². The fourth-order valence-corrected chi connectivity index (χ4v) is 2.40. The van der Waals surface area contributed by atoms with Crippen molar-refractivity contribution in [2.45, 2.75) is 44.9 Å². The molecule has 0 aliphatic carbocycles. The molecule has 1 atom stereocenters. The van der Waals surface area contributed by atoms with Crippen LogP contribution in [-0.2, 0) is 15.9 Å². The number of rotatable bonds is 6. The Labute approximate surface area is 116 Å². The molecule has 106 valence electrons. The maximum Gasteiger partial charge on any atom is 0.159 e. The summed E-state index contributed by atoms with van der Waals surface area (Å²) < 4.78 is 11.0. The molecule has 1 N–H and O–H groups in total. The van der Waals surface area contributed by atoms with Crippen molar-refractivity contribution in [2.75, 3.05) is 20.3 Å². The van der Waals surface area contributed by atoms with E-state index in [0.29, 0.717) is 12.0 Å². The first kappa shape index (κ1) is 14.5. The van der Waals surface area contributed by atoms with Crippen LogP contribution >= 0.6 is 0 Å². The zero-order valence-corrected chi connectivity index (χ0v) is 12.2. The van der Waals surface area contributed by atoms with E-state index in [0.717, 1.165) is 26.1 Å². The van der Waals surface area contributed by atoms with Gasteiger partial charge in [0.1, 0.15) is 0 Å². The first-order valence-corrected chi connectivity index (χ1v) is 7.18. The van der Waals surface area contributed by atoms with Crippen LogP contribution < -0.4 is 5.32 Å². The van der Waals surface area contributed by atoms with Crippen LogP contribution in [0, 0.1) is 0 Å². The highest BCUT2D eigenvalue weighted by molar-refractivity contribution is 5.25. The summed E-state index contributed by atoms with van der Waals surface area (Å²) in [6.45, 7) is 5.90. The first-order chi connectivity index (χ1) is 9.19. The molecular weight excluding hydrogens is 238 g/mol. The first-order valence-electron chi connectivity index (χ1n) is 7.18. The molecule has 1 heterocycles. The highest BCUT2D eigenvalue weighted by Crippen LogP contribution is 2.17. The fraction of sp³-hybridized carbons (Fsp3) is 0.625. The van der Waals surface area contributed by atoms with Crippen LogP contribution in [0.4, 0.5) is 0 Å². The lowest BCUT2D eigenvalue weighted by atomic mass is 9.98. The Balaban J connectivity index is 1.89. The molecule has 2 rings (SSSR count). The molecule has 1 aliphatic rings. The van der Waals surface area contributed by atoms with Crippen molar-refractivity contribution >= 4 is 0 Å². The standard InChI is InChI=1S/C16H25NO2/c1-12(2)14-6-4-13(5-7-14)10-15(17-3)11-16-18-8-9-19-16/h4-7,12,15-17H,8-11H2,1-3H3. The average Bonchev–Trinajstić information content (AvgIpc) is 2.91. The molecule has 19 heavy (non-hydrogen) atoms. The SMILES string of the molecule is CNC(Cc1ccc(C(C)C)cc1)CC1OCCO1. The van der Waals surface area contributed by atoms with Crippen LogP contribution in [0.15, 0.2) is 24.3 Å². The molecule has 1 saturated heterocycles. The van der Waals surface area contributed by atoms with Gasteiger partial charge in [-0.3, -0.25) is 0 Å². The van der Waals surface area contributed by atoms with Crippen LogP contribution in [0.5, 0.6) is 0 Å². The number of likely N-dealkylation sites (N-methyl/N-ethyl adjacent to an activating group) is 1. The third-order valence-corrected chi connectivity index (χ3v) is 3.70. The van der Waals surface area contributed by atoms with Crippen molar-refractivity contribution in [1.82, 2.24) is 5.32 Å². The molecule has 0 aromatic heterocycles. The maximum absolute atomic E-state index is 5.51. The van der Waals surface area contributed by atoms with Crippen LogP contribution in [-0.4, -0.2) is 32.6 Å². The van der Waals surface area contributed by atoms with E-state index in [1.807, 2.05) is 7.05 Å². The van der Waals surface area contributed by atoms with Crippen molar-refractivity contribution < 1.29 is 9.47 Å². The van der Waals surface area contributed by atoms with Gasteiger partial charge in [0.15, 0.2) is 6.29 Å². The summed E-state index contributed by atoms with van der Waals surface area (Å²) >= 11 is 0. The van der Waals surface area contributed by atoms with Gasteiger partial charge in [-0.2, -0.15) is 0 Å². The molecular formula is C16H25NO2. The number of hydrogen-bond acceptors (Lipinski definition) is 3. The summed E-state index contributed by atoms with van der Waals surface area (Å²) in [4.78, 5) is 0. The topological polar surface area (TPSA) is 30.5 Å². The average molecular weight is 263 g/mol. The Morgan fingerprint density at radius 2 is 1.79 bits per heavy atom. The Morgan fingerprint density at radius 1 is 1.16 bits per heavy atom. The van der Waals surface area contributed by atoms with Gasteiger partial charge in [-0.05, 0) is 30.5 Å². The molecule has 0 bridgehead atoms. The molecule has 1 fully saturated rings. The Kier molecular flexibility index (Phi) is 5.37. The van der Waals surface area contributed by atoms with Gasteiger partial charge < -0.3 is 14.8 Å². The Hall–Kier alpha value is -0.900. The zero-order valence-electron chi connectivity index (χ0n) is 12.2. The minimum absolute atomic E-state index is 0.0348. The lowest BCUT2D eigenvalue weighted by Gasteiger charge is -2.19. The molecule has 0 spiro atoms. The molecule has 0 saturated carbocycles. The van der Waals surface area contributed by atoms with E-state index in [-0.39, 0.29) is 6.29 Å². The third kappa shape index (κ3) is 4.30. The quantitative estimate of drug-likeness (QED) is 0.856. The van der Waals surface area contributed by atoms with Gasteiger partial charge in [0, 0.05) is 12.5 Å². The number of benzene rings is 1. The molecule has 1 unspecified atom stereocenters. The normalized spacial score (nSPS) is 18.1. The predicted octanol–water partition coefficient (Wildman–Crippen LogP) is 2.70. The number of hydrogen-bond donors (Lipinski definition) is 1.